The zero-order valence-corrected chi connectivity index (χ0v) is 17.8. The Labute approximate surface area is 193 Å². The number of nitrogens with two attached hydrogens (primary N) is 1. The predicted molar refractivity (Wildman–Crippen MR) is 122 cm³/mol. The normalized spacial score (nSPS) is 26.1. The second-order valence-corrected chi connectivity index (χ2v) is 8.61. The Morgan fingerprint density at radius 3 is 2.35 bits per heavy atom. The number of carboxylic acid groups (broad SMARTS) is 1. The Bertz CT molecular complexity index is 1370. The summed E-state index contributed by atoms with van der Waals surface area (Å²) in [6, 6.07) is 17.5. The standard InChI is InChI=1S/C25H21N3O6/c26-18(30)12-25(24(33)34)20-19(21(27-25)15-9-3-4-11-17(15)29)22(31)28(23(20)32)16-10-5-7-13-6-1-2-8-14(13)16/h1-11,19-21,27,29H,12H2,(H2,26,30)(H,33,34)/t19-,20-,21-,25+/m0/s1. The van der Waals surface area contributed by atoms with Crippen LogP contribution in [0.25, 0.3) is 10.8 Å². The molecule has 0 spiro atoms. The number of phenols is 1. The fourth-order valence-corrected chi connectivity index (χ4v) is 5.37. The molecule has 2 saturated heterocycles. The highest BCUT2D eigenvalue weighted by molar-refractivity contribution is 6.27. The number of amides is 3. The van der Waals surface area contributed by atoms with Gasteiger partial charge in [-0.15, -0.1) is 0 Å². The second kappa shape index (κ2) is 7.67. The monoisotopic (exact) mass is 459 g/mol. The van der Waals surface area contributed by atoms with Gasteiger partial charge in [-0.25, -0.2) is 4.90 Å². The van der Waals surface area contributed by atoms with Gasteiger partial charge in [-0.1, -0.05) is 54.6 Å². The Morgan fingerprint density at radius 2 is 1.65 bits per heavy atom. The number of benzene rings is 3. The molecule has 2 fully saturated rings. The first-order valence-electron chi connectivity index (χ1n) is 10.7. The molecule has 3 amide bonds. The molecule has 0 unspecified atom stereocenters. The number of nitrogens with zero attached hydrogens (tertiary/aromatic N) is 1. The van der Waals surface area contributed by atoms with Crippen LogP contribution in [0.1, 0.15) is 18.0 Å². The van der Waals surface area contributed by atoms with E-state index in [1.165, 1.54) is 6.07 Å². The number of para-hydroxylation sites is 1. The van der Waals surface area contributed by atoms with Crippen LogP contribution in [-0.4, -0.2) is 39.4 Å². The molecule has 0 radical (unpaired) electrons. The number of hydrogen-bond acceptors (Lipinski definition) is 6. The van der Waals surface area contributed by atoms with E-state index in [2.05, 4.69) is 5.32 Å². The van der Waals surface area contributed by atoms with Gasteiger partial charge in [-0.2, -0.15) is 0 Å². The minimum atomic E-state index is -2.12. The van der Waals surface area contributed by atoms with Crippen molar-refractivity contribution in [3.05, 3.63) is 72.3 Å². The van der Waals surface area contributed by atoms with Gasteiger partial charge in [0.25, 0.3) is 0 Å². The van der Waals surface area contributed by atoms with Gasteiger partial charge in [-0.3, -0.25) is 24.5 Å². The fraction of sp³-hybridized carbons (Fsp3) is 0.200. The molecule has 5 N–H and O–H groups in total. The maximum absolute atomic E-state index is 13.8. The summed E-state index contributed by atoms with van der Waals surface area (Å²) >= 11 is 0. The van der Waals surface area contributed by atoms with Crippen LogP contribution in [0.2, 0.25) is 0 Å². The molecule has 0 saturated carbocycles. The molecule has 3 aromatic carbocycles. The smallest absolute Gasteiger partial charge is 0.325 e. The summed E-state index contributed by atoms with van der Waals surface area (Å²) in [5, 5.41) is 25.0. The lowest BCUT2D eigenvalue weighted by Gasteiger charge is -2.30. The van der Waals surface area contributed by atoms with Gasteiger partial charge in [0.05, 0.1) is 23.9 Å². The van der Waals surface area contributed by atoms with Crippen LogP contribution in [-0.2, 0) is 19.2 Å². The number of primary amides is 1. The molecule has 2 heterocycles. The topological polar surface area (TPSA) is 150 Å². The van der Waals surface area contributed by atoms with E-state index in [1.807, 2.05) is 18.2 Å². The number of phenolic OH excluding ortho intramolecular Hbond substituents is 1. The van der Waals surface area contributed by atoms with Crippen molar-refractivity contribution in [2.45, 2.75) is 18.0 Å². The summed E-state index contributed by atoms with van der Waals surface area (Å²) in [5.74, 6) is -6.50. The molecule has 2 aliphatic heterocycles. The van der Waals surface area contributed by atoms with E-state index < -0.39 is 53.5 Å². The van der Waals surface area contributed by atoms with Gasteiger partial charge in [-0.05, 0) is 17.5 Å². The van der Waals surface area contributed by atoms with Gasteiger partial charge >= 0.3 is 5.97 Å². The highest BCUT2D eigenvalue weighted by Crippen LogP contribution is 2.52. The van der Waals surface area contributed by atoms with Crippen molar-refractivity contribution in [3.63, 3.8) is 0 Å². The van der Waals surface area contributed by atoms with Crippen LogP contribution in [0.15, 0.2) is 66.7 Å². The van der Waals surface area contributed by atoms with Crippen LogP contribution < -0.4 is 16.0 Å². The Balaban J connectivity index is 1.72. The number of imide groups is 1. The number of aliphatic carboxylic acids is 1. The Kier molecular flexibility index (Phi) is 4.87. The Hall–Kier alpha value is -4.24. The highest BCUT2D eigenvalue weighted by Gasteiger charge is 2.69. The van der Waals surface area contributed by atoms with Gasteiger partial charge in [0.15, 0.2) is 0 Å². The van der Waals surface area contributed by atoms with E-state index in [0.29, 0.717) is 11.1 Å². The van der Waals surface area contributed by atoms with E-state index in [-0.39, 0.29) is 11.3 Å². The van der Waals surface area contributed by atoms with Crippen LogP contribution in [0.5, 0.6) is 5.75 Å². The average Bonchev–Trinajstić information content (AvgIpc) is 3.27. The quantitative estimate of drug-likeness (QED) is 0.424. The van der Waals surface area contributed by atoms with E-state index in [1.54, 1.807) is 42.5 Å². The van der Waals surface area contributed by atoms with E-state index in [0.717, 1.165) is 10.3 Å². The van der Waals surface area contributed by atoms with Gasteiger partial charge in [0.2, 0.25) is 17.7 Å². The number of carboxylic acids is 1. The van der Waals surface area contributed by atoms with Gasteiger partial charge < -0.3 is 15.9 Å². The first kappa shape index (κ1) is 21.6. The van der Waals surface area contributed by atoms with E-state index in [9.17, 15) is 29.4 Å². The summed E-state index contributed by atoms with van der Waals surface area (Å²) in [7, 11) is 0. The Morgan fingerprint density at radius 1 is 0.971 bits per heavy atom. The van der Waals surface area contributed by atoms with Crippen LogP contribution in [0.3, 0.4) is 0 Å². The summed E-state index contributed by atoms with van der Waals surface area (Å²) < 4.78 is 0. The zero-order valence-electron chi connectivity index (χ0n) is 17.8. The molecule has 4 atom stereocenters. The number of aromatic hydroxyl groups is 1. The molecule has 0 bridgehead atoms. The molecule has 0 aromatic heterocycles. The first-order valence-corrected chi connectivity index (χ1v) is 10.7. The first-order chi connectivity index (χ1) is 16.3. The van der Waals surface area contributed by atoms with Gasteiger partial charge in [0, 0.05) is 17.0 Å². The van der Waals surface area contributed by atoms with E-state index in [4.69, 9.17) is 5.73 Å². The summed E-state index contributed by atoms with van der Waals surface area (Å²) in [5.41, 5.74) is 3.86. The van der Waals surface area contributed by atoms with Gasteiger partial charge in [0.1, 0.15) is 11.3 Å². The largest absolute Gasteiger partial charge is 0.508 e. The molecule has 2 aliphatic rings. The average molecular weight is 459 g/mol. The molecule has 5 rings (SSSR count). The number of carbonyl (C=O) groups is 4. The van der Waals surface area contributed by atoms with Crippen molar-refractivity contribution in [2.75, 3.05) is 4.90 Å². The van der Waals surface area contributed by atoms with Crippen molar-refractivity contribution >= 4 is 40.2 Å². The van der Waals surface area contributed by atoms with Crippen LogP contribution >= 0.6 is 0 Å². The fourth-order valence-electron chi connectivity index (χ4n) is 5.37. The number of hydrogen-bond donors (Lipinski definition) is 4. The molecular formula is C25H21N3O6. The van der Waals surface area contributed by atoms with Crippen molar-refractivity contribution in [1.82, 2.24) is 5.32 Å². The molecule has 3 aromatic rings. The molecular weight excluding hydrogens is 438 g/mol. The molecule has 34 heavy (non-hydrogen) atoms. The number of rotatable bonds is 5. The SMILES string of the molecule is NC(=O)C[C@@]1(C(=O)O)N[C@@H](c2ccccc2O)[C@H]2C(=O)N(c3cccc4ccccc34)C(=O)[C@H]21. The van der Waals surface area contributed by atoms with Crippen molar-refractivity contribution in [2.24, 2.45) is 17.6 Å². The molecule has 0 aliphatic carbocycles. The highest BCUT2D eigenvalue weighted by atomic mass is 16.4. The number of nitrogens with one attached hydrogen (secondary N) is 1. The third kappa shape index (κ3) is 2.97. The lowest BCUT2D eigenvalue weighted by atomic mass is 9.77. The lowest BCUT2D eigenvalue weighted by molar-refractivity contribution is -0.150. The number of fused-ring (bicyclic) bond motifs is 2. The summed E-state index contributed by atoms with van der Waals surface area (Å²) in [6.07, 6.45) is -0.698. The van der Waals surface area contributed by atoms with Crippen LogP contribution in [0.4, 0.5) is 5.69 Å². The van der Waals surface area contributed by atoms with Crippen molar-refractivity contribution in [1.29, 1.82) is 0 Å². The summed E-state index contributed by atoms with van der Waals surface area (Å²) in [4.78, 5) is 53.1. The minimum Gasteiger partial charge on any atom is -0.508 e. The van der Waals surface area contributed by atoms with Crippen molar-refractivity contribution in [3.8, 4) is 5.75 Å². The molecule has 9 heteroatoms. The minimum absolute atomic E-state index is 0.164. The maximum atomic E-state index is 13.8. The zero-order chi connectivity index (χ0) is 24.2. The third-order valence-electron chi connectivity index (χ3n) is 6.77. The second-order valence-electron chi connectivity index (χ2n) is 8.61. The predicted octanol–water partition coefficient (Wildman–Crippen LogP) is 1.69. The van der Waals surface area contributed by atoms with E-state index >= 15 is 0 Å². The molecule has 172 valence electrons. The number of carbonyl (C=O) groups excluding carboxylic acids is 3. The van der Waals surface area contributed by atoms with Crippen LogP contribution in [0, 0.1) is 11.8 Å². The third-order valence-corrected chi connectivity index (χ3v) is 6.77. The lowest BCUT2D eigenvalue weighted by Crippen LogP contribution is -2.57. The molecule has 9 nitrogen and oxygen atoms in total. The van der Waals surface area contributed by atoms with Crippen molar-refractivity contribution < 1.29 is 29.4 Å². The number of anilines is 1. The maximum Gasteiger partial charge on any atom is 0.325 e. The summed E-state index contributed by atoms with van der Waals surface area (Å²) in [6.45, 7) is 0.